The van der Waals surface area contributed by atoms with E-state index in [1.165, 1.54) is 0 Å². The van der Waals surface area contributed by atoms with E-state index in [0.717, 1.165) is 28.0 Å². The largest absolute Gasteiger partial charge is 0.496 e. The third-order valence-corrected chi connectivity index (χ3v) is 5.02. The second-order valence-corrected chi connectivity index (χ2v) is 6.62. The number of hydrogen-bond acceptors (Lipinski definition) is 3. The zero-order valence-electron chi connectivity index (χ0n) is 15.2. The van der Waals surface area contributed by atoms with Crippen molar-refractivity contribution in [3.63, 3.8) is 0 Å². The standard InChI is InChI=1S/C23H22N2O2/c1-27-20-14-8-5-11-17(20)15-24-22-18-12-6-7-13-19(18)23(26)25-21(22)16-9-3-2-4-10-16/h2-14,21-22,24H,15H2,1H3,(H,25,26)/t21-,22+/m1/s1. The summed E-state index contributed by atoms with van der Waals surface area (Å²) in [6, 6.07) is 25.7. The molecule has 0 saturated carbocycles. The van der Waals surface area contributed by atoms with E-state index in [9.17, 15) is 4.79 Å². The fourth-order valence-electron chi connectivity index (χ4n) is 3.69. The molecule has 3 aromatic rings. The van der Waals surface area contributed by atoms with Gasteiger partial charge >= 0.3 is 0 Å². The lowest BCUT2D eigenvalue weighted by Gasteiger charge is -2.35. The lowest BCUT2D eigenvalue weighted by atomic mass is 9.86. The molecule has 2 N–H and O–H groups in total. The molecular formula is C23H22N2O2. The van der Waals surface area contributed by atoms with E-state index in [4.69, 9.17) is 4.74 Å². The van der Waals surface area contributed by atoms with Crippen molar-refractivity contribution in [2.45, 2.75) is 18.6 Å². The molecule has 1 aliphatic rings. The van der Waals surface area contributed by atoms with Gasteiger partial charge in [-0.25, -0.2) is 0 Å². The van der Waals surface area contributed by atoms with Crippen LogP contribution in [0.25, 0.3) is 0 Å². The predicted molar refractivity (Wildman–Crippen MR) is 106 cm³/mol. The first-order chi connectivity index (χ1) is 13.3. The topological polar surface area (TPSA) is 50.4 Å². The van der Waals surface area contributed by atoms with Crippen molar-refractivity contribution < 1.29 is 9.53 Å². The van der Waals surface area contributed by atoms with Crippen LogP contribution in [0, 0.1) is 0 Å². The van der Waals surface area contributed by atoms with Gasteiger partial charge in [0.25, 0.3) is 5.91 Å². The van der Waals surface area contributed by atoms with Crippen LogP contribution in [0.5, 0.6) is 5.75 Å². The van der Waals surface area contributed by atoms with E-state index in [1.54, 1.807) is 7.11 Å². The highest BCUT2D eigenvalue weighted by Crippen LogP contribution is 2.35. The van der Waals surface area contributed by atoms with Crippen molar-refractivity contribution in [2.24, 2.45) is 0 Å². The van der Waals surface area contributed by atoms with Crippen molar-refractivity contribution >= 4 is 5.91 Å². The average Bonchev–Trinajstić information content (AvgIpc) is 2.74. The minimum absolute atomic E-state index is 0.0326. The van der Waals surface area contributed by atoms with Crippen LogP contribution in [0.3, 0.4) is 0 Å². The highest BCUT2D eigenvalue weighted by molar-refractivity contribution is 5.97. The maximum atomic E-state index is 12.6. The van der Waals surface area contributed by atoms with E-state index in [0.29, 0.717) is 6.54 Å². The van der Waals surface area contributed by atoms with Crippen LogP contribution in [-0.4, -0.2) is 13.0 Å². The summed E-state index contributed by atoms with van der Waals surface area (Å²) in [5.74, 6) is 0.823. The Bertz CT molecular complexity index is 940. The monoisotopic (exact) mass is 358 g/mol. The smallest absolute Gasteiger partial charge is 0.252 e. The van der Waals surface area contributed by atoms with E-state index in [2.05, 4.69) is 28.8 Å². The van der Waals surface area contributed by atoms with Gasteiger partial charge in [0, 0.05) is 17.7 Å². The molecule has 3 aromatic carbocycles. The van der Waals surface area contributed by atoms with Gasteiger partial charge in [-0.15, -0.1) is 0 Å². The van der Waals surface area contributed by atoms with E-state index in [-0.39, 0.29) is 18.0 Å². The minimum Gasteiger partial charge on any atom is -0.496 e. The summed E-state index contributed by atoms with van der Waals surface area (Å²) >= 11 is 0. The van der Waals surface area contributed by atoms with Crippen LogP contribution in [0.4, 0.5) is 0 Å². The number of ether oxygens (including phenoxy) is 1. The summed E-state index contributed by atoms with van der Waals surface area (Å²) in [7, 11) is 1.68. The fraction of sp³-hybridized carbons (Fsp3) is 0.174. The van der Waals surface area contributed by atoms with Gasteiger partial charge in [0.1, 0.15) is 5.75 Å². The number of nitrogens with one attached hydrogen (secondary N) is 2. The quantitative estimate of drug-likeness (QED) is 0.724. The third-order valence-electron chi connectivity index (χ3n) is 5.02. The molecule has 4 heteroatoms. The summed E-state index contributed by atoms with van der Waals surface area (Å²) in [4.78, 5) is 12.6. The Labute approximate surface area is 159 Å². The second kappa shape index (κ2) is 7.64. The first-order valence-electron chi connectivity index (χ1n) is 9.08. The number of fused-ring (bicyclic) bond motifs is 1. The highest BCUT2D eigenvalue weighted by Gasteiger charge is 2.34. The van der Waals surface area contributed by atoms with Gasteiger partial charge in [0.15, 0.2) is 0 Å². The van der Waals surface area contributed by atoms with E-state index >= 15 is 0 Å². The molecule has 1 heterocycles. The molecule has 4 nitrogen and oxygen atoms in total. The van der Waals surface area contributed by atoms with Crippen LogP contribution in [0.1, 0.15) is 39.1 Å². The Morgan fingerprint density at radius 2 is 1.63 bits per heavy atom. The molecule has 0 unspecified atom stereocenters. The van der Waals surface area contributed by atoms with Gasteiger partial charge in [-0.1, -0.05) is 66.7 Å². The zero-order valence-corrected chi connectivity index (χ0v) is 15.2. The highest BCUT2D eigenvalue weighted by atomic mass is 16.5. The third kappa shape index (κ3) is 3.44. The molecule has 4 rings (SSSR count). The van der Waals surface area contributed by atoms with Gasteiger partial charge in [0.05, 0.1) is 19.2 Å². The number of methoxy groups -OCH3 is 1. The fourth-order valence-corrected chi connectivity index (χ4v) is 3.69. The van der Waals surface area contributed by atoms with Gasteiger partial charge in [-0.05, 0) is 23.3 Å². The van der Waals surface area contributed by atoms with Crippen molar-refractivity contribution in [3.05, 3.63) is 101 Å². The molecule has 1 amide bonds. The Morgan fingerprint density at radius 3 is 2.44 bits per heavy atom. The van der Waals surface area contributed by atoms with Crippen molar-refractivity contribution in [2.75, 3.05) is 7.11 Å². The van der Waals surface area contributed by atoms with Gasteiger partial charge < -0.3 is 15.4 Å². The molecule has 27 heavy (non-hydrogen) atoms. The molecule has 0 spiro atoms. The number of para-hydroxylation sites is 1. The summed E-state index contributed by atoms with van der Waals surface area (Å²) in [6.45, 7) is 0.641. The van der Waals surface area contributed by atoms with Gasteiger partial charge in [-0.2, -0.15) is 0 Å². The summed E-state index contributed by atoms with van der Waals surface area (Å²) in [5.41, 5.74) is 3.91. The van der Waals surface area contributed by atoms with Gasteiger partial charge in [0.2, 0.25) is 0 Å². The summed E-state index contributed by atoms with van der Waals surface area (Å²) < 4.78 is 5.47. The number of carbonyl (C=O) groups is 1. The molecule has 0 aliphatic carbocycles. The Kier molecular flexibility index (Phi) is 4.90. The molecule has 1 aliphatic heterocycles. The van der Waals surface area contributed by atoms with Gasteiger partial charge in [-0.3, -0.25) is 4.79 Å². The molecule has 0 radical (unpaired) electrons. The van der Waals surface area contributed by atoms with Crippen molar-refractivity contribution in [1.29, 1.82) is 0 Å². The molecule has 0 fully saturated rings. The average molecular weight is 358 g/mol. The molecule has 2 atom stereocenters. The Morgan fingerprint density at radius 1 is 0.926 bits per heavy atom. The molecule has 0 aromatic heterocycles. The number of rotatable bonds is 5. The predicted octanol–water partition coefficient (Wildman–Crippen LogP) is 4.01. The Hall–Kier alpha value is -3.11. The number of benzene rings is 3. The Balaban J connectivity index is 1.69. The normalized spacial score (nSPS) is 18.5. The second-order valence-electron chi connectivity index (χ2n) is 6.62. The number of amides is 1. The van der Waals surface area contributed by atoms with Crippen LogP contribution < -0.4 is 15.4 Å². The van der Waals surface area contributed by atoms with Crippen LogP contribution >= 0.6 is 0 Å². The maximum absolute atomic E-state index is 12.6. The van der Waals surface area contributed by atoms with Crippen LogP contribution in [0.2, 0.25) is 0 Å². The van der Waals surface area contributed by atoms with E-state index < -0.39 is 0 Å². The first-order valence-corrected chi connectivity index (χ1v) is 9.08. The van der Waals surface area contributed by atoms with Crippen LogP contribution in [-0.2, 0) is 6.54 Å². The summed E-state index contributed by atoms with van der Waals surface area (Å²) in [6.07, 6.45) is 0. The zero-order chi connectivity index (χ0) is 18.6. The molecule has 0 saturated heterocycles. The molecule has 136 valence electrons. The minimum atomic E-state index is -0.136. The number of carbonyl (C=O) groups excluding carboxylic acids is 1. The van der Waals surface area contributed by atoms with Crippen LogP contribution in [0.15, 0.2) is 78.9 Å². The molecular weight excluding hydrogens is 336 g/mol. The summed E-state index contributed by atoms with van der Waals surface area (Å²) in [5, 5.41) is 6.81. The lowest BCUT2D eigenvalue weighted by molar-refractivity contribution is 0.0907. The SMILES string of the molecule is COc1ccccc1CN[C@H]1c2ccccc2C(=O)N[C@@H]1c1ccccc1. The van der Waals surface area contributed by atoms with Crippen molar-refractivity contribution in [3.8, 4) is 5.75 Å². The molecule has 0 bridgehead atoms. The number of hydrogen-bond donors (Lipinski definition) is 2. The van der Waals surface area contributed by atoms with Crippen molar-refractivity contribution in [1.82, 2.24) is 10.6 Å². The first kappa shape index (κ1) is 17.3. The van der Waals surface area contributed by atoms with E-state index in [1.807, 2.05) is 60.7 Å². The maximum Gasteiger partial charge on any atom is 0.252 e. The lowest BCUT2D eigenvalue weighted by Crippen LogP contribution is -2.43.